The highest BCUT2D eigenvalue weighted by atomic mass is 79.9. The first-order chi connectivity index (χ1) is 16.5. The van der Waals surface area contributed by atoms with Crippen LogP contribution in [0.5, 0.6) is 11.5 Å². The van der Waals surface area contributed by atoms with Gasteiger partial charge in [0, 0.05) is 23.0 Å². The zero-order valence-corrected chi connectivity index (χ0v) is 20.4. The number of carbonyl (C=O) groups excluding carboxylic acids is 2. The number of halogens is 1. The number of rotatable bonds is 11. The number of nitrogens with one attached hydrogen (secondary N) is 2. The van der Waals surface area contributed by atoms with Crippen molar-refractivity contribution in [3.63, 3.8) is 0 Å². The van der Waals surface area contributed by atoms with Crippen LogP contribution in [0, 0.1) is 0 Å². The van der Waals surface area contributed by atoms with Crippen LogP contribution in [-0.2, 0) is 16.2 Å². The van der Waals surface area contributed by atoms with Crippen molar-refractivity contribution in [3.05, 3.63) is 88.4 Å². The quantitative estimate of drug-likeness (QED) is 0.263. The van der Waals surface area contributed by atoms with E-state index in [0.29, 0.717) is 30.2 Å². The van der Waals surface area contributed by atoms with Crippen LogP contribution in [0.15, 0.2) is 82.4 Å². The Balaban J connectivity index is 1.41. The average Bonchev–Trinajstić information content (AvgIpc) is 2.83. The molecule has 0 aliphatic heterocycles. The number of anilines is 1. The summed E-state index contributed by atoms with van der Waals surface area (Å²) in [6.45, 7) is 0.432. The third kappa shape index (κ3) is 8.37. The van der Waals surface area contributed by atoms with Crippen LogP contribution in [-0.4, -0.2) is 25.1 Å². The molecule has 0 bridgehead atoms. The lowest BCUT2D eigenvalue weighted by Crippen LogP contribution is -2.18. The van der Waals surface area contributed by atoms with Gasteiger partial charge in [-0.15, -0.1) is 0 Å². The second kappa shape index (κ2) is 13.2. The molecule has 34 heavy (non-hydrogen) atoms. The highest BCUT2D eigenvalue weighted by Crippen LogP contribution is 2.28. The molecule has 0 saturated carbocycles. The molecule has 7 nitrogen and oxygen atoms in total. The van der Waals surface area contributed by atoms with Gasteiger partial charge in [-0.25, -0.2) is 5.43 Å². The predicted octanol–water partition coefficient (Wildman–Crippen LogP) is 5.30. The van der Waals surface area contributed by atoms with E-state index in [0.717, 1.165) is 15.6 Å². The lowest BCUT2D eigenvalue weighted by atomic mass is 10.2. The first-order valence-corrected chi connectivity index (χ1v) is 11.5. The Labute approximate surface area is 207 Å². The molecule has 0 saturated heterocycles. The maximum atomic E-state index is 12.0. The summed E-state index contributed by atoms with van der Waals surface area (Å²) in [5.41, 5.74) is 5.00. The van der Waals surface area contributed by atoms with Gasteiger partial charge in [0.2, 0.25) is 11.8 Å². The molecule has 0 unspecified atom stereocenters. The smallest absolute Gasteiger partial charge is 0.240 e. The molecule has 176 valence electrons. The number of carbonyl (C=O) groups is 2. The largest absolute Gasteiger partial charge is 0.493 e. The van der Waals surface area contributed by atoms with Gasteiger partial charge >= 0.3 is 0 Å². The number of methoxy groups -OCH3 is 1. The maximum Gasteiger partial charge on any atom is 0.240 e. The molecule has 2 N–H and O–H groups in total. The molecule has 0 fully saturated rings. The van der Waals surface area contributed by atoms with Crippen molar-refractivity contribution in [2.24, 2.45) is 5.10 Å². The van der Waals surface area contributed by atoms with E-state index in [9.17, 15) is 9.59 Å². The fraction of sp³-hybridized carbons (Fsp3) is 0.192. The number of ether oxygens (including phenoxy) is 2. The Morgan fingerprint density at radius 1 is 0.941 bits per heavy atom. The normalized spacial score (nSPS) is 10.6. The summed E-state index contributed by atoms with van der Waals surface area (Å²) in [5.74, 6) is 0.786. The SMILES string of the molecule is COc1cc(/C=N\NC(=O)CCCC(=O)Nc2cccc(Br)c2)ccc1OCc1ccccc1. The van der Waals surface area contributed by atoms with E-state index in [4.69, 9.17) is 9.47 Å². The summed E-state index contributed by atoms with van der Waals surface area (Å²) < 4.78 is 12.1. The molecule has 0 atom stereocenters. The van der Waals surface area contributed by atoms with Crippen LogP contribution in [0.1, 0.15) is 30.4 Å². The summed E-state index contributed by atoms with van der Waals surface area (Å²) in [4.78, 5) is 24.0. The summed E-state index contributed by atoms with van der Waals surface area (Å²) >= 11 is 3.36. The highest BCUT2D eigenvalue weighted by Gasteiger charge is 2.07. The standard InChI is InChI=1S/C26H26BrN3O4/c1-33-24-15-20(13-14-23(24)34-18-19-7-3-2-4-8-19)17-28-30-26(32)12-6-11-25(31)29-22-10-5-9-21(27)16-22/h2-5,7-10,13-17H,6,11-12,18H2,1H3,(H,29,31)(H,30,32)/b28-17-. The van der Waals surface area contributed by atoms with Crippen molar-refractivity contribution in [3.8, 4) is 11.5 Å². The topological polar surface area (TPSA) is 89.0 Å². The van der Waals surface area contributed by atoms with Crippen molar-refractivity contribution in [2.75, 3.05) is 12.4 Å². The number of nitrogens with zero attached hydrogens (tertiary/aromatic N) is 1. The van der Waals surface area contributed by atoms with Crippen LogP contribution in [0.4, 0.5) is 5.69 Å². The molecule has 0 aromatic heterocycles. The van der Waals surface area contributed by atoms with Crippen LogP contribution >= 0.6 is 15.9 Å². The minimum absolute atomic E-state index is 0.143. The number of hydrogen-bond donors (Lipinski definition) is 2. The first kappa shape index (κ1) is 25.0. The molecule has 3 aromatic rings. The number of hydrazone groups is 1. The summed E-state index contributed by atoms with van der Waals surface area (Å²) in [6, 6.07) is 22.6. The van der Waals surface area contributed by atoms with E-state index in [2.05, 4.69) is 31.8 Å². The molecular weight excluding hydrogens is 498 g/mol. The zero-order valence-electron chi connectivity index (χ0n) is 18.8. The Morgan fingerprint density at radius 3 is 2.50 bits per heavy atom. The number of benzene rings is 3. The van der Waals surface area contributed by atoms with Crippen molar-refractivity contribution < 1.29 is 19.1 Å². The third-order valence-corrected chi connectivity index (χ3v) is 5.24. The fourth-order valence-electron chi connectivity index (χ4n) is 3.05. The summed E-state index contributed by atoms with van der Waals surface area (Å²) in [6.07, 6.45) is 2.38. The van der Waals surface area contributed by atoms with E-state index in [1.807, 2.05) is 54.6 Å². The van der Waals surface area contributed by atoms with Crippen LogP contribution in [0.25, 0.3) is 0 Å². The van der Waals surface area contributed by atoms with Crippen molar-refractivity contribution >= 4 is 39.6 Å². The molecule has 0 aliphatic rings. The van der Waals surface area contributed by atoms with Crippen LogP contribution in [0.3, 0.4) is 0 Å². The summed E-state index contributed by atoms with van der Waals surface area (Å²) in [5, 5.41) is 6.79. The van der Waals surface area contributed by atoms with Gasteiger partial charge < -0.3 is 14.8 Å². The van der Waals surface area contributed by atoms with Gasteiger partial charge in [-0.2, -0.15) is 5.10 Å². The Morgan fingerprint density at radius 2 is 1.74 bits per heavy atom. The Kier molecular flexibility index (Phi) is 9.66. The van der Waals surface area contributed by atoms with Gasteiger partial charge in [-0.1, -0.05) is 52.3 Å². The fourth-order valence-corrected chi connectivity index (χ4v) is 3.45. The van der Waals surface area contributed by atoms with Crippen molar-refractivity contribution in [1.29, 1.82) is 0 Å². The second-order valence-corrected chi connectivity index (χ2v) is 8.31. The van der Waals surface area contributed by atoms with Gasteiger partial charge in [0.25, 0.3) is 0 Å². The maximum absolute atomic E-state index is 12.0. The van der Waals surface area contributed by atoms with E-state index in [1.54, 1.807) is 25.3 Å². The molecule has 0 radical (unpaired) electrons. The molecular formula is C26H26BrN3O4. The van der Waals surface area contributed by atoms with Crippen molar-refractivity contribution in [2.45, 2.75) is 25.9 Å². The number of amides is 2. The predicted molar refractivity (Wildman–Crippen MR) is 136 cm³/mol. The van der Waals surface area contributed by atoms with Crippen LogP contribution in [0.2, 0.25) is 0 Å². The molecule has 3 aromatic carbocycles. The van der Waals surface area contributed by atoms with Gasteiger partial charge in [0.05, 0.1) is 13.3 Å². The van der Waals surface area contributed by atoms with E-state index in [-0.39, 0.29) is 24.7 Å². The molecule has 2 amide bonds. The Bertz CT molecular complexity index is 1140. The van der Waals surface area contributed by atoms with E-state index >= 15 is 0 Å². The van der Waals surface area contributed by atoms with Gasteiger partial charge in [0.1, 0.15) is 6.61 Å². The Hall–Kier alpha value is -3.65. The van der Waals surface area contributed by atoms with Gasteiger partial charge in [0.15, 0.2) is 11.5 Å². The van der Waals surface area contributed by atoms with Gasteiger partial charge in [-0.05, 0) is 53.9 Å². The number of hydrogen-bond acceptors (Lipinski definition) is 5. The van der Waals surface area contributed by atoms with E-state index < -0.39 is 0 Å². The minimum atomic E-state index is -0.263. The van der Waals surface area contributed by atoms with Gasteiger partial charge in [-0.3, -0.25) is 9.59 Å². The monoisotopic (exact) mass is 523 g/mol. The lowest BCUT2D eigenvalue weighted by Gasteiger charge is -2.11. The molecule has 3 rings (SSSR count). The molecule has 0 heterocycles. The second-order valence-electron chi connectivity index (χ2n) is 7.39. The average molecular weight is 524 g/mol. The third-order valence-electron chi connectivity index (χ3n) is 4.74. The minimum Gasteiger partial charge on any atom is -0.493 e. The van der Waals surface area contributed by atoms with Crippen molar-refractivity contribution in [1.82, 2.24) is 5.43 Å². The van der Waals surface area contributed by atoms with Crippen LogP contribution < -0.4 is 20.2 Å². The highest BCUT2D eigenvalue weighted by molar-refractivity contribution is 9.10. The summed E-state index contributed by atoms with van der Waals surface area (Å²) in [7, 11) is 1.57. The molecule has 8 heteroatoms. The molecule has 0 spiro atoms. The zero-order chi connectivity index (χ0) is 24.2. The molecule has 0 aliphatic carbocycles. The lowest BCUT2D eigenvalue weighted by molar-refractivity contribution is -0.121. The first-order valence-electron chi connectivity index (χ1n) is 10.8. The van der Waals surface area contributed by atoms with E-state index in [1.165, 1.54) is 6.21 Å².